The van der Waals surface area contributed by atoms with Gasteiger partial charge in [-0.15, -0.1) is 0 Å². The minimum Gasteiger partial charge on any atom is -0.493 e. The minimum atomic E-state index is -0.236. The van der Waals surface area contributed by atoms with E-state index < -0.39 is 0 Å². The highest BCUT2D eigenvalue weighted by molar-refractivity contribution is 5.95. The molecule has 3 aromatic rings. The van der Waals surface area contributed by atoms with Crippen molar-refractivity contribution in [3.05, 3.63) is 58.5 Å². The molecule has 0 aliphatic heterocycles. The van der Waals surface area contributed by atoms with E-state index in [1.54, 1.807) is 44.5 Å². The summed E-state index contributed by atoms with van der Waals surface area (Å²) in [6, 6.07) is 12.5. The Kier molecular flexibility index (Phi) is 7.83. The summed E-state index contributed by atoms with van der Waals surface area (Å²) in [6.45, 7) is 7.47. The van der Waals surface area contributed by atoms with Crippen molar-refractivity contribution < 1.29 is 14.3 Å². The largest absolute Gasteiger partial charge is 0.493 e. The first-order valence-electron chi connectivity index (χ1n) is 10.7. The van der Waals surface area contributed by atoms with Gasteiger partial charge < -0.3 is 19.7 Å². The van der Waals surface area contributed by atoms with Crippen molar-refractivity contribution in [1.29, 1.82) is 0 Å². The van der Waals surface area contributed by atoms with Crippen LogP contribution in [0.4, 0.5) is 5.69 Å². The molecule has 0 atom stereocenters. The quantitative estimate of drug-likeness (QED) is 0.524. The third-order valence-corrected chi connectivity index (χ3v) is 5.37. The zero-order valence-corrected chi connectivity index (χ0v) is 19.1. The Bertz CT molecular complexity index is 1140. The molecule has 1 heterocycles. The van der Waals surface area contributed by atoms with Crippen molar-refractivity contribution in [2.45, 2.75) is 20.3 Å². The Hall–Kier alpha value is -3.39. The molecule has 170 valence electrons. The Balaban J connectivity index is 1.73. The van der Waals surface area contributed by atoms with E-state index in [9.17, 15) is 9.59 Å². The number of aryl methyl sites for hydroxylation is 1. The summed E-state index contributed by atoms with van der Waals surface area (Å²) in [5.74, 6) is 0.942. The van der Waals surface area contributed by atoms with Gasteiger partial charge in [0.05, 0.1) is 24.6 Å². The highest BCUT2D eigenvalue weighted by Gasteiger charge is 2.14. The number of hydrogen-bond acceptors (Lipinski definition) is 6. The number of carbonyl (C=O) groups is 1. The number of likely N-dealkylation sites (N-methyl/N-ethyl adjacent to an activating group) is 1. The van der Waals surface area contributed by atoms with Gasteiger partial charge in [-0.25, -0.2) is 4.68 Å². The van der Waals surface area contributed by atoms with Crippen LogP contribution in [0.5, 0.6) is 11.5 Å². The molecule has 0 aliphatic rings. The number of carbonyl (C=O) groups excluding carboxylic acids is 1. The van der Waals surface area contributed by atoms with Crippen LogP contribution in [0.1, 0.15) is 19.5 Å². The molecule has 0 saturated heterocycles. The molecule has 0 unspecified atom stereocenters. The van der Waals surface area contributed by atoms with Crippen LogP contribution < -0.4 is 20.3 Å². The van der Waals surface area contributed by atoms with E-state index in [-0.39, 0.29) is 17.9 Å². The van der Waals surface area contributed by atoms with Gasteiger partial charge in [-0.05, 0) is 31.3 Å². The summed E-state index contributed by atoms with van der Waals surface area (Å²) in [5, 5.41) is 8.41. The monoisotopic (exact) mass is 438 g/mol. The number of hydrogen-bond donors (Lipinski definition) is 1. The smallest absolute Gasteiger partial charge is 0.274 e. The number of aromatic nitrogens is 2. The first kappa shape index (κ1) is 23.3. The first-order valence-corrected chi connectivity index (χ1v) is 10.7. The first-order chi connectivity index (χ1) is 15.5. The third kappa shape index (κ3) is 5.45. The predicted octanol–water partition coefficient (Wildman–Crippen LogP) is 2.84. The summed E-state index contributed by atoms with van der Waals surface area (Å²) in [6.07, 6.45) is 0.0405. The molecule has 0 saturated carbocycles. The maximum Gasteiger partial charge on any atom is 0.274 e. The van der Waals surface area contributed by atoms with E-state index in [1.807, 2.05) is 12.1 Å². The number of nitrogens with zero attached hydrogens (tertiary/aromatic N) is 3. The van der Waals surface area contributed by atoms with Crippen molar-refractivity contribution in [2.75, 3.05) is 38.7 Å². The van der Waals surface area contributed by atoms with Crippen molar-refractivity contribution in [3.8, 4) is 11.5 Å². The average molecular weight is 439 g/mol. The van der Waals surface area contributed by atoms with Gasteiger partial charge in [-0.1, -0.05) is 32.0 Å². The van der Waals surface area contributed by atoms with E-state index in [4.69, 9.17) is 9.47 Å². The lowest BCUT2D eigenvalue weighted by molar-refractivity contribution is -0.115. The molecular weight excluding hydrogens is 408 g/mol. The zero-order chi connectivity index (χ0) is 23.1. The lowest BCUT2D eigenvalue weighted by atomic mass is 10.1. The van der Waals surface area contributed by atoms with Gasteiger partial charge in [-0.2, -0.15) is 5.10 Å². The SMILES string of the molecule is CCN(CC)CCOc1cc(NC(=O)Cc2nn(C)c(=O)c3ccccc23)ccc1OC. The van der Waals surface area contributed by atoms with Crippen LogP contribution in [0.2, 0.25) is 0 Å². The van der Waals surface area contributed by atoms with E-state index in [2.05, 4.69) is 29.2 Å². The fourth-order valence-electron chi connectivity index (χ4n) is 3.56. The molecular formula is C24H30N4O4. The zero-order valence-electron chi connectivity index (χ0n) is 19.1. The molecule has 1 amide bonds. The van der Waals surface area contributed by atoms with Gasteiger partial charge in [0.1, 0.15) is 6.61 Å². The fraction of sp³-hybridized carbons (Fsp3) is 0.375. The number of amides is 1. The van der Waals surface area contributed by atoms with Gasteiger partial charge >= 0.3 is 0 Å². The number of methoxy groups -OCH3 is 1. The van der Waals surface area contributed by atoms with Crippen molar-refractivity contribution in [3.63, 3.8) is 0 Å². The topological polar surface area (TPSA) is 85.7 Å². The molecule has 0 spiro atoms. The summed E-state index contributed by atoms with van der Waals surface area (Å²) in [7, 11) is 3.17. The molecule has 8 nitrogen and oxygen atoms in total. The number of anilines is 1. The van der Waals surface area contributed by atoms with Crippen molar-refractivity contribution >= 4 is 22.4 Å². The molecule has 3 rings (SSSR count). The van der Waals surface area contributed by atoms with Crippen LogP contribution >= 0.6 is 0 Å². The lowest BCUT2D eigenvalue weighted by Gasteiger charge is -2.19. The fourth-order valence-corrected chi connectivity index (χ4v) is 3.56. The van der Waals surface area contributed by atoms with Crippen molar-refractivity contribution in [1.82, 2.24) is 14.7 Å². The molecule has 1 N–H and O–H groups in total. The van der Waals surface area contributed by atoms with E-state index in [1.165, 1.54) is 4.68 Å². The minimum absolute atomic E-state index is 0.0405. The molecule has 0 bridgehead atoms. The van der Waals surface area contributed by atoms with Gasteiger partial charge in [-0.3, -0.25) is 9.59 Å². The average Bonchev–Trinajstić information content (AvgIpc) is 2.80. The maximum absolute atomic E-state index is 12.8. The lowest BCUT2D eigenvalue weighted by Crippen LogP contribution is -2.28. The second kappa shape index (κ2) is 10.8. The van der Waals surface area contributed by atoms with Crippen LogP contribution in [0.15, 0.2) is 47.3 Å². The highest BCUT2D eigenvalue weighted by atomic mass is 16.5. The van der Waals surface area contributed by atoms with Crippen LogP contribution in [0, 0.1) is 0 Å². The predicted molar refractivity (Wildman–Crippen MR) is 126 cm³/mol. The molecule has 32 heavy (non-hydrogen) atoms. The third-order valence-electron chi connectivity index (χ3n) is 5.37. The van der Waals surface area contributed by atoms with Crippen LogP contribution in [0.25, 0.3) is 10.8 Å². The summed E-state index contributed by atoms with van der Waals surface area (Å²) in [4.78, 5) is 27.3. The maximum atomic E-state index is 12.8. The number of ether oxygens (including phenoxy) is 2. The number of nitrogens with one attached hydrogen (secondary N) is 1. The van der Waals surface area contributed by atoms with Crippen LogP contribution in [-0.4, -0.2) is 53.9 Å². The van der Waals surface area contributed by atoms with Crippen LogP contribution in [-0.2, 0) is 18.3 Å². The van der Waals surface area contributed by atoms with Crippen molar-refractivity contribution in [2.24, 2.45) is 7.05 Å². The summed E-state index contributed by atoms with van der Waals surface area (Å²) >= 11 is 0. The molecule has 0 aliphatic carbocycles. The van der Waals surface area contributed by atoms with Gasteiger partial charge in [0.25, 0.3) is 5.56 Å². The number of fused-ring (bicyclic) bond motifs is 1. The van der Waals surface area contributed by atoms with Gasteiger partial charge in [0.15, 0.2) is 11.5 Å². The second-order valence-electron chi connectivity index (χ2n) is 7.39. The molecule has 1 aromatic heterocycles. The van der Waals surface area contributed by atoms with E-state index in [0.717, 1.165) is 19.6 Å². The Morgan fingerprint density at radius 2 is 1.81 bits per heavy atom. The molecule has 2 aromatic carbocycles. The molecule has 8 heteroatoms. The summed E-state index contributed by atoms with van der Waals surface area (Å²) in [5.41, 5.74) is 0.957. The van der Waals surface area contributed by atoms with E-state index >= 15 is 0 Å². The molecule has 0 radical (unpaired) electrons. The molecule has 0 fully saturated rings. The number of benzene rings is 2. The Morgan fingerprint density at radius 1 is 1.09 bits per heavy atom. The van der Waals surface area contributed by atoms with Crippen LogP contribution in [0.3, 0.4) is 0 Å². The van der Waals surface area contributed by atoms with E-state index in [0.29, 0.717) is 40.3 Å². The highest BCUT2D eigenvalue weighted by Crippen LogP contribution is 2.30. The summed E-state index contributed by atoms with van der Waals surface area (Å²) < 4.78 is 12.6. The Morgan fingerprint density at radius 3 is 2.50 bits per heavy atom. The van der Waals surface area contributed by atoms with Gasteiger partial charge in [0, 0.05) is 30.7 Å². The van der Waals surface area contributed by atoms with Gasteiger partial charge in [0.2, 0.25) is 5.91 Å². The standard InChI is InChI=1S/C24H30N4O4/c1-5-28(6-2)13-14-32-22-15-17(11-12-21(22)31-4)25-23(29)16-20-18-9-7-8-10-19(18)24(30)27(3)26-20/h7-12,15H,5-6,13-14,16H2,1-4H3,(H,25,29). The second-order valence-corrected chi connectivity index (χ2v) is 7.39. The number of rotatable bonds is 10. The Labute approximate surface area is 187 Å². The normalized spacial score (nSPS) is 11.0.